The predicted molar refractivity (Wildman–Crippen MR) is 69.4 cm³/mol. The van der Waals surface area contributed by atoms with E-state index in [0.29, 0.717) is 16.3 Å². The highest BCUT2D eigenvalue weighted by Crippen LogP contribution is 2.24. The zero-order chi connectivity index (χ0) is 13.8. The topological polar surface area (TPSA) is 50.9 Å². The van der Waals surface area contributed by atoms with Crippen molar-refractivity contribution in [2.75, 3.05) is 0 Å². The van der Waals surface area contributed by atoms with Crippen LogP contribution in [0, 0.1) is 11.6 Å². The molecule has 2 aromatic rings. The number of aromatic nitrogens is 1. The van der Waals surface area contributed by atoms with E-state index in [2.05, 4.69) is 10.4 Å². The van der Waals surface area contributed by atoms with Gasteiger partial charge in [-0.2, -0.15) is 0 Å². The molecular formula is C13H12ClF2N3. The van der Waals surface area contributed by atoms with E-state index in [-0.39, 0.29) is 6.42 Å². The van der Waals surface area contributed by atoms with Crippen molar-refractivity contribution in [3.63, 3.8) is 0 Å². The highest BCUT2D eigenvalue weighted by atomic mass is 35.5. The minimum Gasteiger partial charge on any atom is -0.271 e. The second-order valence-corrected chi connectivity index (χ2v) is 4.43. The third-order valence-electron chi connectivity index (χ3n) is 2.78. The molecule has 0 fully saturated rings. The summed E-state index contributed by atoms with van der Waals surface area (Å²) in [6.45, 7) is 0. The van der Waals surface area contributed by atoms with Crippen LogP contribution in [0.5, 0.6) is 0 Å². The molecule has 3 N–H and O–H groups in total. The van der Waals surface area contributed by atoms with Gasteiger partial charge in [0.15, 0.2) is 0 Å². The molecule has 0 aliphatic rings. The van der Waals surface area contributed by atoms with Crippen LogP contribution in [0.25, 0.3) is 0 Å². The van der Waals surface area contributed by atoms with Crippen LogP contribution in [0.4, 0.5) is 8.78 Å². The molecule has 0 aliphatic carbocycles. The summed E-state index contributed by atoms with van der Waals surface area (Å²) in [4.78, 5) is 3.92. The van der Waals surface area contributed by atoms with Gasteiger partial charge in [0.2, 0.25) is 0 Å². The van der Waals surface area contributed by atoms with Gasteiger partial charge >= 0.3 is 0 Å². The first-order valence-electron chi connectivity index (χ1n) is 5.62. The van der Waals surface area contributed by atoms with E-state index in [1.54, 1.807) is 6.07 Å². The molecule has 1 heterocycles. The third-order valence-corrected chi connectivity index (χ3v) is 3.13. The van der Waals surface area contributed by atoms with E-state index in [1.807, 2.05) is 0 Å². The summed E-state index contributed by atoms with van der Waals surface area (Å²) in [7, 11) is 0. The molecule has 6 heteroatoms. The Morgan fingerprint density at radius 1 is 1.26 bits per heavy atom. The fourth-order valence-corrected chi connectivity index (χ4v) is 2.01. The highest BCUT2D eigenvalue weighted by Gasteiger charge is 2.16. The first kappa shape index (κ1) is 13.9. The number of pyridine rings is 1. The molecule has 3 nitrogen and oxygen atoms in total. The van der Waals surface area contributed by atoms with Crippen molar-refractivity contribution >= 4 is 11.6 Å². The summed E-state index contributed by atoms with van der Waals surface area (Å²) < 4.78 is 26.5. The molecule has 0 amide bonds. The molecule has 1 aromatic heterocycles. The van der Waals surface area contributed by atoms with E-state index in [0.717, 1.165) is 6.20 Å². The van der Waals surface area contributed by atoms with E-state index >= 15 is 0 Å². The summed E-state index contributed by atoms with van der Waals surface area (Å²) in [5.41, 5.74) is 3.39. The van der Waals surface area contributed by atoms with Crippen LogP contribution in [0.2, 0.25) is 5.02 Å². The number of nitrogens with zero attached hydrogens (tertiary/aromatic N) is 1. The number of benzene rings is 1. The lowest BCUT2D eigenvalue weighted by molar-refractivity contribution is 0.515. The Bertz CT molecular complexity index is 540. The lowest BCUT2D eigenvalue weighted by atomic mass is 10.0. The Morgan fingerprint density at radius 2 is 2.05 bits per heavy atom. The Morgan fingerprint density at radius 3 is 2.63 bits per heavy atom. The van der Waals surface area contributed by atoms with Gasteiger partial charge in [0.05, 0.1) is 17.9 Å². The molecular weight excluding hydrogens is 272 g/mol. The number of rotatable bonds is 4. The van der Waals surface area contributed by atoms with Gasteiger partial charge in [-0.05, 0) is 30.7 Å². The number of nitrogens with two attached hydrogens (primary N) is 1. The molecule has 1 atom stereocenters. The average Bonchev–Trinajstić information content (AvgIpc) is 2.40. The summed E-state index contributed by atoms with van der Waals surface area (Å²) in [6, 6.07) is 6.78. The predicted octanol–water partition coefficient (Wildman–Crippen LogP) is 2.76. The van der Waals surface area contributed by atoms with Crippen molar-refractivity contribution in [2.45, 2.75) is 12.5 Å². The normalized spacial score (nSPS) is 12.4. The molecule has 0 radical (unpaired) electrons. The quantitative estimate of drug-likeness (QED) is 0.670. The fourth-order valence-electron chi connectivity index (χ4n) is 1.77. The van der Waals surface area contributed by atoms with Gasteiger partial charge in [-0.15, -0.1) is 0 Å². The standard InChI is InChI=1S/C13H12ClF2N3/c14-10-2-1-3-11(16)9(10)6-13(19-17)12-5-4-8(15)7-18-12/h1-5,7,13,19H,6,17H2. The van der Waals surface area contributed by atoms with Crippen LogP contribution in [-0.4, -0.2) is 4.98 Å². The molecule has 1 unspecified atom stereocenters. The fraction of sp³-hybridized carbons (Fsp3) is 0.154. The first-order chi connectivity index (χ1) is 9.11. The maximum absolute atomic E-state index is 13.7. The number of hydrazine groups is 1. The van der Waals surface area contributed by atoms with Crippen LogP contribution < -0.4 is 11.3 Å². The number of hydrogen-bond acceptors (Lipinski definition) is 3. The molecule has 0 aliphatic heterocycles. The average molecular weight is 284 g/mol. The van der Waals surface area contributed by atoms with Crippen LogP contribution in [0.1, 0.15) is 17.3 Å². The third kappa shape index (κ3) is 3.26. The van der Waals surface area contributed by atoms with Crippen LogP contribution >= 0.6 is 11.6 Å². The Kier molecular flexibility index (Phi) is 4.42. The maximum Gasteiger partial charge on any atom is 0.141 e. The van der Waals surface area contributed by atoms with Crippen molar-refractivity contribution in [3.05, 3.63) is 64.4 Å². The van der Waals surface area contributed by atoms with Crippen LogP contribution in [-0.2, 0) is 6.42 Å². The Hall–Kier alpha value is -1.56. The number of nitrogens with one attached hydrogen (secondary N) is 1. The van der Waals surface area contributed by atoms with Crippen molar-refractivity contribution in [1.29, 1.82) is 0 Å². The SMILES string of the molecule is NNC(Cc1c(F)cccc1Cl)c1ccc(F)cn1. The highest BCUT2D eigenvalue weighted by molar-refractivity contribution is 6.31. The molecule has 0 spiro atoms. The lowest BCUT2D eigenvalue weighted by Gasteiger charge is -2.16. The second kappa shape index (κ2) is 6.06. The van der Waals surface area contributed by atoms with E-state index in [9.17, 15) is 8.78 Å². The van der Waals surface area contributed by atoms with Crippen molar-refractivity contribution in [3.8, 4) is 0 Å². The zero-order valence-electron chi connectivity index (χ0n) is 9.91. The van der Waals surface area contributed by atoms with Gasteiger partial charge in [-0.3, -0.25) is 16.3 Å². The van der Waals surface area contributed by atoms with Crippen molar-refractivity contribution in [1.82, 2.24) is 10.4 Å². The first-order valence-corrected chi connectivity index (χ1v) is 6.00. The van der Waals surface area contributed by atoms with Gasteiger partial charge in [0.25, 0.3) is 0 Å². The number of halogens is 3. The maximum atomic E-state index is 13.7. The Balaban J connectivity index is 2.26. The Labute approximate surface area is 114 Å². The van der Waals surface area contributed by atoms with Crippen molar-refractivity contribution < 1.29 is 8.78 Å². The van der Waals surface area contributed by atoms with Gasteiger partial charge in [0.1, 0.15) is 11.6 Å². The molecule has 2 rings (SSSR count). The smallest absolute Gasteiger partial charge is 0.141 e. The summed E-state index contributed by atoms with van der Waals surface area (Å²) in [5, 5.41) is 0.322. The van der Waals surface area contributed by atoms with Crippen LogP contribution in [0.15, 0.2) is 36.5 Å². The van der Waals surface area contributed by atoms with Gasteiger partial charge in [0, 0.05) is 10.6 Å². The van der Waals surface area contributed by atoms with Gasteiger partial charge in [-0.25, -0.2) is 8.78 Å². The summed E-state index contributed by atoms with van der Waals surface area (Å²) in [5.74, 6) is 4.59. The minimum absolute atomic E-state index is 0.223. The zero-order valence-corrected chi connectivity index (χ0v) is 10.7. The number of hydrogen-bond donors (Lipinski definition) is 2. The molecule has 0 saturated carbocycles. The second-order valence-electron chi connectivity index (χ2n) is 4.02. The molecule has 0 bridgehead atoms. The van der Waals surface area contributed by atoms with Gasteiger partial charge in [-0.1, -0.05) is 17.7 Å². The lowest BCUT2D eigenvalue weighted by Crippen LogP contribution is -2.30. The van der Waals surface area contributed by atoms with Gasteiger partial charge < -0.3 is 0 Å². The van der Waals surface area contributed by atoms with Crippen LogP contribution in [0.3, 0.4) is 0 Å². The minimum atomic E-state index is -0.449. The summed E-state index contributed by atoms with van der Waals surface area (Å²) >= 11 is 5.95. The largest absolute Gasteiger partial charge is 0.271 e. The molecule has 19 heavy (non-hydrogen) atoms. The molecule has 1 aromatic carbocycles. The monoisotopic (exact) mass is 283 g/mol. The molecule has 100 valence electrons. The summed E-state index contributed by atoms with van der Waals surface area (Å²) in [6.07, 6.45) is 1.31. The van der Waals surface area contributed by atoms with E-state index < -0.39 is 17.7 Å². The molecule has 0 saturated heterocycles. The van der Waals surface area contributed by atoms with E-state index in [4.69, 9.17) is 17.4 Å². The van der Waals surface area contributed by atoms with E-state index in [1.165, 1.54) is 24.3 Å². The van der Waals surface area contributed by atoms with Crippen molar-refractivity contribution in [2.24, 2.45) is 5.84 Å².